The highest BCUT2D eigenvalue weighted by atomic mass is 32.1. The van der Waals surface area contributed by atoms with Crippen LogP contribution in [-0.4, -0.2) is 26.1 Å². The van der Waals surface area contributed by atoms with E-state index in [-0.39, 0.29) is 12.1 Å². The Kier molecular flexibility index (Phi) is 4.94. The van der Waals surface area contributed by atoms with Crippen molar-refractivity contribution >= 4 is 17.3 Å². The molecule has 138 valence electrons. The van der Waals surface area contributed by atoms with Gasteiger partial charge >= 0.3 is 0 Å². The number of pyridine rings is 1. The third-order valence-electron chi connectivity index (χ3n) is 5.03. The topological polar surface area (TPSA) is 33.1 Å². The summed E-state index contributed by atoms with van der Waals surface area (Å²) in [6.07, 6.45) is 5.02. The summed E-state index contributed by atoms with van der Waals surface area (Å²) in [5.74, 6) is 0. The molecule has 5 heteroatoms. The van der Waals surface area contributed by atoms with E-state index in [2.05, 4.69) is 82.3 Å². The Labute approximate surface area is 165 Å². The first-order valence-corrected chi connectivity index (χ1v) is 9.82. The number of nitrogens with zero attached hydrogens (tertiary/aromatic N) is 3. The average molecular weight is 377 g/mol. The zero-order valence-corrected chi connectivity index (χ0v) is 16.5. The maximum absolute atomic E-state index is 5.69. The van der Waals surface area contributed by atoms with E-state index in [1.165, 1.54) is 16.9 Å². The molecule has 1 aliphatic rings. The van der Waals surface area contributed by atoms with Crippen molar-refractivity contribution in [1.82, 2.24) is 19.8 Å². The second-order valence-electron chi connectivity index (χ2n) is 6.96. The number of nitrogens with one attached hydrogen (secondary N) is 1. The molecule has 2 atom stereocenters. The first kappa shape index (κ1) is 17.7. The molecule has 3 heterocycles. The summed E-state index contributed by atoms with van der Waals surface area (Å²) in [6.45, 7) is 5.23. The maximum Gasteiger partial charge on any atom is 0.170 e. The highest BCUT2D eigenvalue weighted by Gasteiger charge is 2.40. The molecule has 3 aromatic rings. The largest absolute Gasteiger partial charge is 0.352 e. The minimum absolute atomic E-state index is 0.0312. The molecule has 0 aliphatic carbocycles. The summed E-state index contributed by atoms with van der Waals surface area (Å²) in [5, 5.41) is 4.32. The molecule has 0 radical (unpaired) electrons. The zero-order valence-electron chi connectivity index (χ0n) is 15.7. The zero-order chi connectivity index (χ0) is 18.8. The van der Waals surface area contributed by atoms with Crippen LogP contribution in [0.2, 0.25) is 0 Å². The molecule has 1 N–H and O–H groups in total. The van der Waals surface area contributed by atoms with Gasteiger partial charge in [-0.2, -0.15) is 0 Å². The minimum atomic E-state index is 0.0312. The number of rotatable bonds is 5. The molecule has 0 bridgehead atoms. The number of aryl methyl sites for hydroxylation is 1. The van der Waals surface area contributed by atoms with Crippen molar-refractivity contribution in [3.8, 4) is 5.69 Å². The van der Waals surface area contributed by atoms with E-state index in [0.29, 0.717) is 0 Å². The summed E-state index contributed by atoms with van der Waals surface area (Å²) >= 11 is 5.69. The van der Waals surface area contributed by atoms with Crippen LogP contribution in [0.15, 0.2) is 67.0 Å². The van der Waals surface area contributed by atoms with Gasteiger partial charge in [0.2, 0.25) is 0 Å². The molecule has 1 aliphatic heterocycles. The lowest BCUT2D eigenvalue weighted by Crippen LogP contribution is -2.31. The number of thiocarbonyl (C=S) groups is 1. The van der Waals surface area contributed by atoms with E-state index in [0.717, 1.165) is 23.8 Å². The molecule has 0 spiro atoms. The molecule has 4 rings (SSSR count). The number of benzene rings is 1. The third kappa shape index (κ3) is 3.35. The lowest BCUT2D eigenvalue weighted by atomic mass is 10.0. The predicted octanol–water partition coefficient (Wildman–Crippen LogP) is 4.56. The van der Waals surface area contributed by atoms with E-state index in [1.807, 2.05) is 18.3 Å². The van der Waals surface area contributed by atoms with Crippen LogP contribution in [0.4, 0.5) is 0 Å². The second-order valence-corrected chi connectivity index (χ2v) is 7.35. The Bertz CT molecular complexity index is 934. The normalized spacial score (nSPS) is 19.3. The molecular weight excluding hydrogens is 352 g/mol. The van der Waals surface area contributed by atoms with Crippen LogP contribution in [0.5, 0.6) is 0 Å². The SMILES string of the molecule is CCCN1C(=S)N[C@H](c2ccccn2)[C@@H]1c1cccn1-c1cccc(C)c1. The van der Waals surface area contributed by atoms with Crippen LogP contribution in [0, 0.1) is 6.92 Å². The van der Waals surface area contributed by atoms with Gasteiger partial charge in [0.1, 0.15) is 0 Å². The molecule has 1 saturated heterocycles. The quantitative estimate of drug-likeness (QED) is 0.662. The molecule has 1 fully saturated rings. The summed E-state index contributed by atoms with van der Waals surface area (Å²) in [7, 11) is 0. The van der Waals surface area contributed by atoms with E-state index in [9.17, 15) is 0 Å². The summed E-state index contributed by atoms with van der Waals surface area (Å²) in [4.78, 5) is 6.91. The van der Waals surface area contributed by atoms with Crippen molar-refractivity contribution < 1.29 is 0 Å². The monoisotopic (exact) mass is 376 g/mol. The van der Waals surface area contributed by atoms with E-state index < -0.39 is 0 Å². The van der Waals surface area contributed by atoms with Gasteiger partial charge in [0.15, 0.2) is 5.11 Å². The standard InChI is InChI=1S/C22H24N4S/c1-3-13-26-21(20(24-22(26)27)18-10-4-5-12-23-18)19-11-7-14-25(19)17-9-6-8-16(2)15-17/h4-12,14-15,20-21H,3,13H2,1-2H3,(H,24,27)/t20-,21+/m1/s1. The van der Waals surface area contributed by atoms with Crippen LogP contribution < -0.4 is 5.32 Å². The summed E-state index contributed by atoms with van der Waals surface area (Å²) in [5.41, 5.74) is 4.65. The first-order chi connectivity index (χ1) is 13.2. The van der Waals surface area contributed by atoms with Crippen molar-refractivity contribution in [3.05, 3.63) is 83.9 Å². The summed E-state index contributed by atoms with van der Waals surface area (Å²) in [6, 6.07) is 19.1. The molecule has 1 aromatic carbocycles. The number of hydrogen-bond acceptors (Lipinski definition) is 2. The van der Waals surface area contributed by atoms with Crippen molar-refractivity contribution in [2.45, 2.75) is 32.4 Å². The lowest BCUT2D eigenvalue weighted by molar-refractivity contribution is 0.309. The van der Waals surface area contributed by atoms with Crippen molar-refractivity contribution in [2.24, 2.45) is 0 Å². The predicted molar refractivity (Wildman–Crippen MR) is 113 cm³/mol. The average Bonchev–Trinajstić information content (AvgIpc) is 3.28. The first-order valence-electron chi connectivity index (χ1n) is 9.41. The van der Waals surface area contributed by atoms with Gasteiger partial charge in [-0.1, -0.05) is 25.1 Å². The Balaban J connectivity index is 1.81. The van der Waals surface area contributed by atoms with E-state index >= 15 is 0 Å². The molecule has 2 aromatic heterocycles. The van der Waals surface area contributed by atoms with Crippen LogP contribution in [0.25, 0.3) is 5.69 Å². The molecule has 0 unspecified atom stereocenters. The van der Waals surface area contributed by atoms with Crippen molar-refractivity contribution in [3.63, 3.8) is 0 Å². The van der Waals surface area contributed by atoms with E-state index in [4.69, 9.17) is 12.2 Å². The molecule has 4 nitrogen and oxygen atoms in total. The maximum atomic E-state index is 5.69. The fourth-order valence-electron chi connectivity index (χ4n) is 3.86. The van der Waals surface area contributed by atoms with Crippen LogP contribution >= 0.6 is 12.2 Å². The fraction of sp³-hybridized carbons (Fsp3) is 0.273. The Morgan fingerprint density at radius 3 is 2.74 bits per heavy atom. The van der Waals surface area contributed by atoms with Crippen molar-refractivity contribution in [1.29, 1.82) is 0 Å². The van der Waals surface area contributed by atoms with Gasteiger partial charge in [-0.3, -0.25) is 4.98 Å². The minimum Gasteiger partial charge on any atom is -0.352 e. The number of hydrogen-bond donors (Lipinski definition) is 1. The third-order valence-corrected chi connectivity index (χ3v) is 5.38. The highest BCUT2D eigenvalue weighted by molar-refractivity contribution is 7.80. The van der Waals surface area contributed by atoms with Gasteiger partial charge in [-0.25, -0.2) is 0 Å². The Morgan fingerprint density at radius 1 is 1.11 bits per heavy atom. The van der Waals surface area contributed by atoms with Gasteiger partial charge in [-0.05, 0) is 67.5 Å². The molecule has 0 amide bonds. The van der Waals surface area contributed by atoms with Gasteiger partial charge in [0.25, 0.3) is 0 Å². The van der Waals surface area contributed by atoms with Gasteiger partial charge in [0.05, 0.1) is 17.8 Å². The molecule has 27 heavy (non-hydrogen) atoms. The Hall–Kier alpha value is -2.66. The fourth-order valence-corrected chi connectivity index (χ4v) is 4.19. The van der Waals surface area contributed by atoms with Crippen LogP contribution in [0.1, 0.15) is 42.4 Å². The van der Waals surface area contributed by atoms with E-state index in [1.54, 1.807) is 0 Å². The van der Waals surface area contributed by atoms with Gasteiger partial charge in [0, 0.05) is 30.3 Å². The summed E-state index contributed by atoms with van der Waals surface area (Å²) < 4.78 is 2.27. The highest BCUT2D eigenvalue weighted by Crippen LogP contribution is 2.39. The van der Waals surface area contributed by atoms with Gasteiger partial charge < -0.3 is 14.8 Å². The Morgan fingerprint density at radius 2 is 2.00 bits per heavy atom. The number of aromatic nitrogens is 2. The lowest BCUT2D eigenvalue weighted by Gasteiger charge is -2.28. The van der Waals surface area contributed by atoms with Crippen LogP contribution in [-0.2, 0) is 0 Å². The van der Waals surface area contributed by atoms with Gasteiger partial charge in [-0.15, -0.1) is 0 Å². The smallest absolute Gasteiger partial charge is 0.170 e. The molecule has 0 saturated carbocycles. The van der Waals surface area contributed by atoms with Crippen molar-refractivity contribution in [2.75, 3.05) is 6.54 Å². The second kappa shape index (κ2) is 7.53. The van der Waals surface area contributed by atoms with Crippen LogP contribution in [0.3, 0.4) is 0 Å². The molecular formula is C22H24N4S.